The van der Waals surface area contributed by atoms with Crippen LogP contribution < -0.4 is 10.1 Å². The Hall–Kier alpha value is -2.10. The van der Waals surface area contributed by atoms with Crippen LogP contribution in [0.3, 0.4) is 0 Å². The molecule has 112 valence electrons. The smallest absolute Gasteiger partial charge is 0.227 e. The molecule has 21 heavy (non-hydrogen) atoms. The molecule has 2 aromatic rings. The predicted octanol–water partition coefficient (Wildman–Crippen LogP) is 4.22. The summed E-state index contributed by atoms with van der Waals surface area (Å²) in [6, 6.07) is 6.29. The monoisotopic (exact) mass is 285 g/mol. The Morgan fingerprint density at radius 1 is 1.10 bits per heavy atom. The van der Waals surface area contributed by atoms with E-state index < -0.39 is 0 Å². The molecule has 1 aromatic heterocycles. The van der Waals surface area contributed by atoms with Gasteiger partial charge in [0.1, 0.15) is 17.9 Å². The molecule has 0 radical (unpaired) electrons. The molecule has 0 fully saturated rings. The highest BCUT2D eigenvalue weighted by Gasteiger charge is 2.20. The fourth-order valence-electron chi connectivity index (χ4n) is 2.23. The van der Waals surface area contributed by atoms with E-state index in [1.165, 1.54) is 11.9 Å². The van der Waals surface area contributed by atoms with E-state index in [0.29, 0.717) is 5.88 Å². The Morgan fingerprint density at radius 3 is 2.43 bits per heavy atom. The number of nitrogens with one attached hydrogen (secondary N) is 1. The predicted molar refractivity (Wildman–Crippen MR) is 86.3 cm³/mol. The van der Waals surface area contributed by atoms with Gasteiger partial charge in [-0.3, -0.25) is 0 Å². The maximum atomic E-state index is 6.10. The van der Waals surface area contributed by atoms with Crippen molar-refractivity contribution in [3.8, 4) is 11.6 Å². The van der Waals surface area contributed by atoms with Gasteiger partial charge in [0.05, 0.1) is 5.56 Å². The first-order valence-corrected chi connectivity index (χ1v) is 7.11. The summed E-state index contributed by atoms with van der Waals surface area (Å²) in [7, 11) is 1.84. The van der Waals surface area contributed by atoms with Gasteiger partial charge in [-0.1, -0.05) is 32.9 Å². The number of aromatic nitrogens is 2. The van der Waals surface area contributed by atoms with Crippen molar-refractivity contribution in [1.29, 1.82) is 0 Å². The first kappa shape index (κ1) is 15.3. The van der Waals surface area contributed by atoms with E-state index in [1.54, 1.807) is 0 Å². The standard InChI is InChI=1S/C17H23N3O/c1-11-7-8-13(17(3,4)5)14(9-11)21-16-12(2)15(18-6)19-10-20-16/h7-10H,1-6H3,(H,18,19,20). The Morgan fingerprint density at radius 2 is 1.81 bits per heavy atom. The highest BCUT2D eigenvalue weighted by Crippen LogP contribution is 2.35. The number of ether oxygens (including phenoxy) is 1. The van der Waals surface area contributed by atoms with Gasteiger partial charge in [-0.25, -0.2) is 9.97 Å². The van der Waals surface area contributed by atoms with Gasteiger partial charge in [0.15, 0.2) is 0 Å². The number of hydrogen-bond donors (Lipinski definition) is 1. The summed E-state index contributed by atoms with van der Waals surface area (Å²) < 4.78 is 6.10. The van der Waals surface area contributed by atoms with Crippen molar-refractivity contribution in [2.45, 2.75) is 40.0 Å². The minimum absolute atomic E-state index is 0.00973. The first-order valence-electron chi connectivity index (χ1n) is 7.11. The SMILES string of the molecule is CNc1ncnc(Oc2cc(C)ccc2C(C)(C)C)c1C. The highest BCUT2D eigenvalue weighted by atomic mass is 16.5. The summed E-state index contributed by atoms with van der Waals surface area (Å²) in [6.45, 7) is 10.5. The summed E-state index contributed by atoms with van der Waals surface area (Å²) in [5.41, 5.74) is 3.24. The lowest BCUT2D eigenvalue weighted by molar-refractivity contribution is 0.435. The van der Waals surface area contributed by atoms with E-state index in [2.05, 4.69) is 61.2 Å². The lowest BCUT2D eigenvalue weighted by atomic mass is 9.86. The summed E-state index contributed by atoms with van der Waals surface area (Å²) in [5, 5.41) is 3.05. The average molecular weight is 285 g/mol. The maximum Gasteiger partial charge on any atom is 0.227 e. The molecule has 1 heterocycles. The van der Waals surface area contributed by atoms with Crippen molar-refractivity contribution in [3.05, 3.63) is 41.2 Å². The van der Waals surface area contributed by atoms with Gasteiger partial charge in [-0.2, -0.15) is 0 Å². The zero-order chi connectivity index (χ0) is 15.6. The third-order valence-electron chi connectivity index (χ3n) is 3.43. The van der Waals surface area contributed by atoms with Crippen LogP contribution in [0.15, 0.2) is 24.5 Å². The molecular weight excluding hydrogens is 262 g/mol. The molecule has 1 N–H and O–H groups in total. The van der Waals surface area contributed by atoms with Crippen molar-refractivity contribution in [2.75, 3.05) is 12.4 Å². The number of nitrogens with zero attached hydrogens (tertiary/aromatic N) is 2. The second-order valence-corrected chi connectivity index (χ2v) is 6.25. The highest BCUT2D eigenvalue weighted by molar-refractivity contribution is 5.50. The van der Waals surface area contributed by atoms with Crippen LogP contribution in [0.25, 0.3) is 0 Å². The van der Waals surface area contributed by atoms with Gasteiger partial charge in [0, 0.05) is 12.6 Å². The molecule has 0 aliphatic heterocycles. The molecule has 4 nitrogen and oxygen atoms in total. The number of aryl methyl sites for hydroxylation is 1. The largest absolute Gasteiger partial charge is 0.438 e. The molecule has 0 bridgehead atoms. The van der Waals surface area contributed by atoms with Crippen molar-refractivity contribution in [2.24, 2.45) is 0 Å². The molecule has 0 aliphatic carbocycles. The quantitative estimate of drug-likeness (QED) is 0.917. The minimum Gasteiger partial charge on any atom is -0.438 e. The van der Waals surface area contributed by atoms with Crippen LogP contribution in [0.5, 0.6) is 11.6 Å². The van der Waals surface area contributed by atoms with E-state index in [4.69, 9.17) is 4.74 Å². The van der Waals surface area contributed by atoms with Crippen LogP contribution in [-0.2, 0) is 5.41 Å². The van der Waals surface area contributed by atoms with E-state index in [1.807, 2.05) is 14.0 Å². The molecular formula is C17H23N3O. The number of benzene rings is 1. The Labute approximate surface area is 126 Å². The van der Waals surface area contributed by atoms with Crippen LogP contribution in [0.4, 0.5) is 5.82 Å². The lowest BCUT2D eigenvalue weighted by Crippen LogP contribution is -2.13. The molecule has 2 rings (SSSR count). The molecule has 1 aromatic carbocycles. The topological polar surface area (TPSA) is 47.0 Å². The molecule has 0 unspecified atom stereocenters. The Bertz CT molecular complexity index is 645. The molecule has 4 heteroatoms. The van der Waals surface area contributed by atoms with Crippen LogP contribution >= 0.6 is 0 Å². The van der Waals surface area contributed by atoms with Gasteiger partial charge in [0.2, 0.25) is 5.88 Å². The van der Waals surface area contributed by atoms with E-state index in [0.717, 1.165) is 22.7 Å². The van der Waals surface area contributed by atoms with Crippen molar-refractivity contribution in [3.63, 3.8) is 0 Å². The average Bonchev–Trinajstić information content (AvgIpc) is 2.40. The van der Waals surface area contributed by atoms with E-state index >= 15 is 0 Å². The van der Waals surface area contributed by atoms with Gasteiger partial charge >= 0.3 is 0 Å². The summed E-state index contributed by atoms with van der Waals surface area (Å²) in [4.78, 5) is 8.45. The third kappa shape index (κ3) is 3.32. The molecule has 0 saturated heterocycles. The van der Waals surface area contributed by atoms with Crippen molar-refractivity contribution < 1.29 is 4.74 Å². The van der Waals surface area contributed by atoms with Crippen LogP contribution in [0.2, 0.25) is 0 Å². The second-order valence-electron chi connectivity index (χ2n) is 6.25. The summed E-state index contributed by atoms with van der Waals surface area (Å²) in [5.74, 6) is 2.22. The van der Waals surface area contributed by atoms with Crippen LogP contribution in [0.1, 0.15) is 37.5 Å². The number of hydrogen-bond acceptors (Lipinski definition) is 4. The van der Waals surface area contributed by atoms with Gasteiger partial charge in [-0.15, -0.1) is 0 Å². The first-order chi connectivity index (χ1) is 9.82. The van der Waals surface area contributed by atoms with Crippen LogP contribution in [0, 0.1) is 13.8 Å². The van der Waals surface area contributed by atoms with Gasteiger partial charge < -0.3 is 10.1 Å². The zero-order valence-corrected chi connectivity index (χ0v) is 13.6. The maximum absolute atomic E-state index is 6.10. The minimum atomic E-state index is 0.00973. The molecule has 0 atom stereocenters. The van der Waals surface area contributed by atoms with E-state index in [-0.39, 0.29) is 5.41 Å². The van der Waals surface area contributed by atoms with Crippen molar-refractivity contribution >= 4 is 5.82 Å². The molecule has 0 aliphatic rings. The fraction of sp³-hybridized carbons (Fsp3) is 0.412. The van der Waals surface area contributed by atoms with E-state index in [9.17, 15) is 0 Å². The Kier molecular flexibility index (Phi) is 4.16. The number of rotatable bonds is 3. The zero-order valence-electron chi connectivity index (χ0n) is 13.6. The lowest BCUT2D eigenvalue weighted by Gasteiger charge is -2.23. The molecule has 0 saturated carbocycles. The normalized spacial score (nSPS) is 11.3. The molecule has 0 spiro atoms. The van der Waals surface area contributed by atoms with Crippen molar-refractivity contribution in [1.82, 2.24) is 9.97 Å². The molecule has 0 amide bonds. The van der Waals surface area contributed by atoms with Gasteiger partial charge in [-0.05, 0) is 30.9 Å². The van der Waals surface area contributed by atoms with Gasteiger partial charge in [0.25, 0.3) is 0 Å². The summed E-state index contributed by atoms with van der Waals surface area (Å²) >= 11 is 0. The number of anilines is 1. The fourth-order valence-corrected chi connectivity index (χ4v) is 2.23. The summed E-state index contributed by atoms with van der Waals surface area (Å²) in [6.07, 6.45) is 1.51. The van der Waals surface area contributed by atoms with Crippen LogP contribution in [-0.4, -0.2) is 17.0 Å². The Balaban J connectivity index is 2.47. The second kappa shape index (κ2) is 5.72. The third-order valence-corrected chi connectivity index (χ3v) is 3.43.